The van der Waals surface area contributed by atoms with Gasteiger partial charge in [0.1, 0.15) is 0 Å². The number of hydrogen-bond acceptors (Lipinski definition) is 2. The lowest BCUT2D eigenvalue weighted by Gasteiger charge is -2.05. The van der Waals surface area contributed by atoms with Crippen LogP contribution in [0.3, 0.4) is 0 Å². The van der Waals surface area contributed by atoms with Crippen molar-refractivity contribution in [2.75, 3.05) is 12.4 Å². The molecule has 1 aromatic heterocycles. The number of pyridine rings is 1. The highest BCUT2D eigenvalue weighted by molar-refractivity contribution is 5.51. The molecule has 11 heavy (non-hydrogen) atoms. The highest BCUT2D eigenvalue weighted by Gasteiger charge is 2.25. The highest BCUT2D eigenvalue weighted by atomic mass is 14.8. The maximum Gasteiger partial charge on any atom is 0.0559 e. The van der Waals surface area contributed by atoms with Crippen LogP contribution in [0.4, 0.5) is 5.69 Å². The molecule has 0 bridgehead atoms. The van der Waals surface area contributed by atoms with Crippen LogP contribution in [0.1, 0.15) is 24.3 Å². The molecule has 58 valence electrons. The van der Waals surface area contributed by atoms with Crippen LogP contribution < -0.4 is 5.32 Å². The molecule has 1 aromatic rings. The van der Waals surface area contributed by atoms with Gasteiger partial charge in [0.2, 0.25) is 0 Å². The van der Waals surface area contributed by atoms with E-state index in [0.29, 0.717) is 0 Å². The van der Waals surface area contributed by atoms with E-state index in [4.69, 9.17) is 0 Å². The number of rotatable bonds is 2. The maximum atomic E-state index is 4.06. The Hall–Kier alpha value is -1.05. The molecule has 2 rings (SSSR count). The first-order chi connectivity index (χ1) is 5.42. The van der Waals surface area contributed by atoms with Gasteiger partial charge in [-0.3, -0.25) is 4.98 Å². The molecule has 1 fully saturated rings. The van der Waals surface area contributed by atoms with Crippen LogP contribution in [0.15, 0.2) is 18.5 Å². The Morgan fingerprint density at radius 1 is 1.55 bits per heavy atom. The summed E-state index contributed by atoms with van der Waals surface area (Å²) in [5.74, 6) is 0.806. The SMILES string of the molecule is CNc1cnccc1C1CC1. The Morgan fingerprint density at radius 3 is 3.00 bits per heavy atom. The monoisotopic (exact) mass is 148 g/mol. The van der Waals surface area contributed by atoms with Gasteiger partial charge in [-0.15, -0.1) is 0 Å². The first-order valence-electron chi connectivity index (χ1n) is 4.03. The van der Waals surface area contributed by atoms with Crippen molar-refractivity contribution in [3.05, 3.63) is 24.0 Å². The molecule has 0 amide bonds. The summed E-state index contributed by atoms with van der Waals surface area (Å²) in [7, 11) is 1.95. The maximum absolute atomic E-state index is 4.06. The second kappa shape index (κ2) is 2.53. The molecule has 0 spiro atoms. The number of nitrogens with zero attached hydrogens (tertiary/aromatic N) is 1. The Balaban J connectivity index is 2.34. The van der Waals surface area contributed by atoms with Crippen molar-refractivity contribution in [1.82, 2.24) is 4.98 Å². The predicted molar refractivity (Wildman–Crippen MR) is 45.8 cm³/mol. The summed E-state index contributed by atoms with van der Waals surface area (Å²) in [6, 6.07) is 2.11. The molecule has 0 radical (unpaired) electrons. The normalized spacial score (nSPS) is 16.5. The predicted octanol–water partition coefficient (Wildman–Crippen LogP) is 2.00. The molecule has 0 saturated heterocycles. The smallest absolute Gasteiger partial charge is 0.0559 e. The largest absolute Gasteiger partial charge is 0.387 e. The molecule has 1 aliphatic carbocycles. The highest BCUT2D eigenvalue weighted by Crippen LogP contribution is 2.42. The minimum atomic E-state index is 0.806. The minimum Gasteiger partial charge on any atom is -0.387 e. The van der Waals surface area contributed by atoms with Gasteiger partial charge in [0.25, 0.3) is 0 Å². The Morgan fingerprint density at radius 2 is 2.36 bits per heavy atom. The first-order valence-corrected chi connectivity index (χ1v) is 4.03. The third kappa shape index (κ3) is 1.20. The molecule has 1 aliphatic rings. The Bertz CT molecular complexity index is 253. The molecule has 1 saturated carbocycles. The topological polar surface area (TPSA) is 24.9 Å². The van der Waals surface area contributed by atoms with Crippen molar-refractivity contribution in [3.8, 4) is 0 Å². The second-order valence-corrected chi connectivity index (χ2v) is 2.99. The lowest BCUT2D eigenvalue weighted by Crippen LogP contribution is -1.94. The molecule has 0 aliphatic heterocycles. The van der Waals surface area contributed by atoms with Gasteiger partial charge in [0.05, 0.1) is 11.9 Å². The van der Waals surface area contributed by atoms with E-state index >= 15 is 0 Å². The van der Waals surface area contributed by atoms with Gasteiger partial charge >= 0.3 is 0 Å². The average Bonchev–Trinajstić information content (AvgIpc) is 2.87. The molecule has 1 N–H and O–H groups in total. The number of aromatic nitrogens is 1. The van der Waals surface area contributed by atoms with E-state index in [2.05, 4.69) is 16.4 Å². The van der Waals surface area contributed by atoms with E-state index in [1.165, 1.54) is 24.1 Å². The zero-order valence-electron chi connectivity index (χ0n) is 6.67. The van der Waals surface area contributed by atoms with Gasteiger partial charge in [0.15, 0.2) is 0 Å². The fourth-order valence-electron chi connectivity index (χ4n) is 1.36. The summed E-state index contributed by atoms with van der Waals surface area (Å²) < 4.78 is 0. The fourth-order valence-corrected chi connectivity index (χ4v) is 1.36. The van der Waals surface area contributed by atoms with Crippen LogP contribution >= 0.6 is 0 Å². The molecule has 0 aromatic carbocycles. The third-order valence-corrected chi connectivity index (χ3v) is 2.14. The van der Waals surface area contributed by atoms with Crippen LogP contribution in [0.5, 0.6) is 0 Å². The summed E-state index contributed by atoms with van der Waals surface area (Å²) in [4.78, 5) is 4.06. The van der Waals surface area contributed by atoms with Crippen molar-refractivity contribution in [1.29, 1.82) is 0 Å². The lowest BCUT2D eigenvalue weighted by atomic mass is 10.1. The number of hydrogen-bond donors (Lipinski definition) is 1. The van der Waals surface area contributed by atoms with Crippen LogP contribution in [-0.2, 0) is 0 Å². The van der Waals surface area contributed by atoms with Gasteiger partial charge in [-0.2, -0.15) is 0 Å². The van der Waals surface area contributed by atoms with Gasteiger partial charge in [-0.25, -0.2) is 0 Å². The second-order valence-electron chi connectivity index (χ2n) is 2.99. The standard InChI is InChI=1S/C9H12N2/c1-10-9-6-11-5-4-8(9)7-2-3-7/h4-7,10H,2-3H2,1H3. The quantitative estimate of drug-likeness (QED) is 0.693. The van der Waals surface area contributed by atoms with E-state index in [-0.39, 0.29) is 0 Å². The van der Waals surface area contributed by atoms with Crippen molar-refractivity contribution in [3.63, 3.8) is 0 Å². The van der Waals surface area contributed by atoms with Gasteiger partial charge in [-0.05, 0) is 30.4 Å². The summed E-state index contributed by atoms with van der Waals surface area (Å²) in [5, 5.41) is 3.15. The first kappa shape index (κ1) is 6.65. The summed E-state index contributed by atoms with van der Waals surface area (Å²) in [6.07, 6.45) is 6.46. The van der Waals surface area contributed by atoms with E-state index in [1.807, 2.05) is 19.4 Å². The average molecular weight is 148 g/mol. The summed E-state index contributed by atoms with van der Waals surface area (Å²) >= 11 is 0. The van der Waals surface area contributed by atoms with Crippen LogP contribution in [-0.4, -0.2) is 12.0 Å². The lowest BCUT2D eigenvalue weighted by molar-refractivity contribution is 1.11. The molecule has 2 heteroatoms. The zero-order valence-corrected chi connectivity index (χ0v) is 6.67. The van der Waals surface area contributed by atoms with Crippen molar-refractivity contribution >= 4 is 5.69 Å². The van der Waals surface area contributed by atoms with E-state index in [0.717, 1.165) is 5.92 Å². The Kier molecular flexibility index (Phi) is 1.53. The van der Waals surface area contributed by atoms with Crippen molar-refractivity contribution < 1.29 is 0 Å². The van der Waals surface area contributed by atoms with Crippen molar-refractivity contribution in [2.45, 2.75) is 18.8 Å². The van der Waals surface area contributed by atoms with Gasteiger partial charge in [0, 0.05) is 13.2 Å². The molecular weight excluding hydrogens is 136 g/mol. The van der Waals surface area contributed by atoms with Gasteiger partial charge in [-0.1, -0.05) is 0 Å². The molecule has 1 heterocycles. The summed E-state index contributed by atoms with van der Waals surface area (Å²) in [5.41, 5.74) is 2.62. The van der Waals surface area contributed by atoms with E-state index < -0.39 is 0 Å². The molecule has 0 unspecified atom stereocenters. The molecular formula is C9H12N2. The van der Waals surface area contributed by atoms with Crippen LogP contribution in [0.2, 0.25) is 0 Å². The van der Waals surface area contributed by atoms with Crippen molar-refractivity contribution in [2.24, 2.45) is 0 Å². The fraction of sp³-hybridized carbons (Fsp3) is 0.444. The molecule has 2 nitrogen and oxygen atoms in total. The molecule has 0 atom stereocenters. The van der Waals surface area contributed by atoms with Crippen LogP contribution in [0.25, 0.3) is 0 Å². The number of nitrogens with one attached hydrogen (secondary N) is 1. The van der Waals surface area contributed by atoms with Crippen LogP contribution in [0, 0.1) is 0 Å². The Labute approximate surface area is 66.7 Å². The minimum absolute atomic E-state index is 0.806. The third-order valence-electron chi connectivity index (χ3n) is 2.14. The number of anilines is 1. The van der Waals surface area contributed by atoms with Gasteiger partial charge < -0.3 is 5.32 Å². The van der Waals surface area contributed by atoms with E-state index in [9.17, 15) is 0 Å². The summed E-state index contributed by atoms with van der Waals surface area (Å²) in [6.45, 7) is 0. The zero-order chi connectivity index (χ0) is 7.68. The van der Waals surface area contributed by atoms with E-state index in [1.54, 1.807) is 0 Å².